The van der Waals surface area contributed by atoms with E-state index in [0.29, 0.717) is 0 Å². The van der Waals surface area contributed by atoms with Gasteiger partial charge in [-0.3, -0.25) is 0 Å². The molecule has 0 amide bonds. The predicted octanol–water partition coefficient (Wildman–Crippen LogP) is 16.3. The molecule has 386 valence electrons. The van der Waals surface area contributed by atoms with Crippen molar-refractivity contribution in [3.63, 3.8) is 0 Å². The van der Waals surface area contributed by atoms with Gasteiger partial charge in [-0.25, -0.2) is 61.1 Å². The van der Waals surface area contributed by atoms with Gasteiger partial charge in [-0.1, -0.05) is 156 Å². The second-order valence-corrected chi connectivity index (χ2v) is 13.7. The van der Waals surface area contributed by atoms with Crippen LogP contribution in [-0.2, 0) is 73.1 Å². The van der Waals surface area contributed by atoms with Gasteiger partial charge >= 0.3 is 39.0 Å². The zero-order valence-electron chi connectivity index (χ0n) is 42.2. The third-order valence-corrected chi connectivity index (χ3v) is 9.07. The van der Waals surface area contributed by atoms with E-state index in [1.165, 1.54) is 0 Å². The molecule has 0 heterocycles. The molecule has 0 aliphatic rings. The van der Waals surface area contributed by atoms with Crippen molar-refractivity contribution in [2.75, 3.05) is 56.4 Å². The van der Waals surface area contributed by atoms with E-state index >= 15 is 0 Å². The Balaban J connectivity index is -0.000000369. The molecule has 8 nitrogen and oxygen atoms in total. The minimum Gasteiger partial charge on any atom is -0.938 e. The summed E-state index contributed by atoms with van der Waals surface area (Å²) in [4.78, 5) is 0. The third kappa shape index (κ3) is 35.5. The Hall–Kier alpha value is -4.63. The van der Waals surface area contributed by atoms with Gasteiger partial charge in [0.15, 0.2) is 0 Å². The van der Waals surface area contributed by atoms with Crippen molar-refractivity contribution in [1.29, 1.82) is 0 Å². The maximum absolute atomic E-state index is 6.61. The summed E-state index contributed by atoms with van der Waals surface area (Å²) in [5.74, 6) is 4.51. The van der Waals surface area contributed by atoms with Gasteiger partial charge in [0, 0.05) is 34.1 Å². The van der Waals surface area contributed by atoms with E-state index in [2.05, 4.69) is 54.4 Å². The smallest absolute Gasteiger partial charge is 0.938 e. The summed E-state index contributed by atoms with van der Waals surface area (Å²) in [7, 11) is 14.3. The van der Waals surface area contributed by atoms with Gasteiger partial charge in [-0.2, -0.15) is 92.8 Å². The van der Waals surface area contributed by atoms with Crippen LogP contribution in [0.15, 0.2) is 231 Å². The molecule has 0 aliphatic heterocycles. The zero-order valence-corrected chi connectivity index (χ0v) is 47.9. The van der Waals surface area contributed by atoms with Crippen LogP contribution in [0.1, 0.15) is 58.0 Å². The van der Waals surface area contributed by atoms with Crippen LogP contribution in [0, 0.1) is 24.7 Å². The second kappa shape index (κ2) is 52.7. The third-order valence-electron chi connectivity index (χ3n) is 9.07. The van der Waals surface area contributed by atoms with Gasteiger partial charge in [0.1, 0.15) is 0 Å². The Bertz CT molecular complexity index is 1960. The first-order valence-electron chi connectivity index (χ1n) is 21.9. The van der Waals surface area contributed by atoms with Crippen LogP contribution in [0.5, 0.6) is 0 Å². The number of nitrogens with zero attached hydrogens (tertiary/aromatic N) is 8. The SMILES string of the molecule is C[N-]C([N-]C)c1ccccc1.C[N-]C([N-]C)c1ccccc1.C[N-]C([N-]C)c1ccccc1.C[N-]C([N-]C)c1ccccc1.[C-]#C[c-]1[cH-][cH-][cH-][cH-]1.[C-]#C[c-]1cccc1.[Fe].[Fe].[Ru+5].[Ru+5].c1cc[cH-]c1.c1cc[cH-]c1. The van der Waals surface area contributed by atoms with E-state index in [9.17, 15) is 0 Å². The fraction of sp³-hybridized carbons (Fsp3) is 0.200. The summed E-state index contributed by atoms with van der Waals surface area (Å²) in [6, 6.07) is 75.1. The molecule has 0 saturated heterocycles. The molecule has 0 unspecified atom stereocenters. The molecular weight excluding hydrogens is 1150 g/mol. The molecule has 0 fully saturated rings. The minimum atomic E-state index is 0. The van der Waals surface area contributed by atoms with E-state index in [1.807, 2.05) is 231 Å². The molecule has 8 rings (SSSR count). The van der Waals surface area contributed by atoms with Crippen LogP contribution in [0.3, 0.4) is 0 Å². The average Bonchev–Trinajstić information content (AvgIpc) is 4.29. The first kappa shape index (κ1) is 73.9. The van der Waals surface area contributed by atoms with Crippen LogP contribution in [-0.4, -0.2) is 56.4 Å². The molecule has 0 spiro atoms. The molecule has 8 aromatic rings. The standard InChI is InChI=1S/4C9H12N2.2C7H4.2C5H5.2Fe.2Ru/c4*1-10-9(11-2)8-6-4-3-5-7-8;2*1-2-7-5-3-4-6-7;2*1-2-4-5-3-1;;;;/h4*3-7,9H,1-2H3;2*3-6H;2*1-5H;;;;/q4*-2;-6;-2;2*-1;;;2*+5. The Kier molecular flexibility index (Phi) is 54.1. The van der Waals surface area contributed by atoms with Crippen LogP contribution >= 0.6 is 0 Å². The fourth-order valence-electron chi connectivity index (χ4n) is 5.71. The summed E-state index contributed by atoms with van der Waals surface area (Å²) in [5, 5.41) is 32.9. The molecule has 0 atom stereocenters. The number of rotatable bonds is 12. The number of hydrogen-bond acceptors (Lipinski definition) is 0. The molecule has 2 radical (unpaired) electrons. The van der Waals surface area contributed by atoms with Crippen LogP contribution < -0.4 is 0 Å². The monoisotopic (exact) mass is 1210 g/mol. The van der Waals surface area contributed by atoms with E-state index in [0.717, 1.165) is 33.4 Å². The fourth-order valence-corrected chi connectivity index (χ4v) is 5.71. The van der Waals surface area contributed by atoms with Gasteiger partial charge in [0.05, 0.1) is 0 Å². The van der Waals surface area contributed by atoms with Crippen LogP contribution in [0.25, 0.3) is 42.5 Å². The van der Waals surface area contributed by atoms with Crippen molar-refractivity contribution >= 4 is 0 Å². The Morgan fingerprint density at radius 1 is 0.361 bits per heavy atom. The van der Waals surface area contributed by atoms with Crippen molar-refractivity contribution in [1.82, 2.24) is 0 Å². The van der Waals surface area contributed by atoms with Crippen molar-refractivity contribution < 1.29 is 73.1 Å². The first-order chi connectivity index (χ1) is 33.4. The summed E-state index contributed by atoms with van der Waals surface area (Å²) in [6.07, 6.45) is 13.3. The maximum atomic E-state index is 6.61. The van der Waals surface area contributed by atoms with Gasteiger partial charge in [-0.05, 0) is 0 Å². The zero-order chi connectivity index (χ0) is 49.7. The van der Waals surface area contributed by atoms with E-state index < -0.39 is 0 Å². The van der Waals surface area contributed by atoms with E-state index in [-0.39, 0.29) is 97.8 Å². The normalized spacial score (nSPS) is 9.03. The quantitative estimate of drug-likeness (QED) is 0.0659. The largest absolute Gasteiger partial charge is 5.00 e. The van der Waals surface area contributed by atoms with E-state index in [1.54, 1.807) is 56.4 Å². The molecule has 0 aliphatic carbocycles. The van der Waals surface area contributed by atoms with Crippen LogP contribution in [0.4, 0.5) is 0 Å². The Morgan fingerprint density at radius 3 is 0.736 bits per heavy atom. The molecule has 12 heteroatoms. The van der Waals surface area contributed by atoms with Crippen molar-refractivity contribution in [2.24, 2.45) is 0 Å². The van der Waals surface area contributed by atoms with Crippen LogP contribution in [0.2, 0.25) is 0 Å². The maximum Gasteiger partial charge on any atom is 5.00 e. The topological polar surface area (TPSA) is 113 Å². The van der Waals surface area contributed by atoms with Gasteiger partial charge < -0.3 is 103 Å². The molecule has 0 N–H and O–H groups in total. The number of hydrogen-bond donors (Lipinski definition) is 0. The van der Waals surface area contributed by atoms with E-state index in [4.69, 9.17) is 12.8 Å². The molecule has 8 aromatic carbocycles. The van der Waals surface area contributed by atoms with Gasteiger partial charge in [-0.15, -0.1) is 0 Å². The molecule has 0 saturated carbocycles. The summed E-state index contributed by atoms with van der Waals surface area (Å²) in [5.41, 5.74) is 6.30. The average molecular weight is 1210 g/mol. The molecule has 72 heavy (non-hydrogen) atoms. The molecule has 0 bridgehead atoms. The first-order valence-corrected chi connectivity index (χ1v) is 21.9. The van der Waals surface area contributed by atoms with Crippen molar-refractivity contribution in [2.45, 2.75) is 24.7 Å². The summed E-state index contributed by atoms with van der Waals surface area (Å²) in [6.45, 7) is 0. The molecular formula is C60H66Fe2N8Ru2-8. The second-order valence-electron chi connectivity index (χ2n) is 13.7. The summed E-state index contributed by atoms with van der Waals surface area (Å²) >= 11 is 0. The van der Waals surface area contributed by atoms with Gasteiger partial charge in [0.25, 0.3) is 0 Å². The van der Waals surface area contributed by atoms with Crippen molar-refractivity contribution in [3.05, 3.63) is 319 Å². The summed E-state index contributed by atoms with van der Waals surface area (Å²) < 4.78 is 0. The molecule has 0 aromatic heterocycles. The number of benzene rings is 4. The van der Waals surface area contributed by atoms with Crippen molar-refractivity contribution in [3.8, 4) is 11.8 Å². The Morgan fingerprint density at radius 2 is 0.597 bits per heavy atom. The van der Waals surface area contributed by atoms with Gasteiger partial charge in [0.2, 0.25) is 0 Å². The minimum absolute atomic E-state index is 0. The predicted molar refractivity (Wildman–Crippen MR) is 292 cm³/mol. The Labute approximate surface area is 481 Å².